The molecule has 84 valence electrons. The van der Waals surface area contributed by atoms with Gasteiger partial charge in [0.1, 0.15) is 5.82 Å². The van der Waals surface area contributed by atoms with E-state index in [2.05, 4.69) is 23.1 Å². The number of nitrogens with one attached hydrogen (secondary N) is 1. The van der Waals surface area contributed by atoms with Crippen molar-refractivity contribution < 1.29 is 0 Å². The Hall–Kier alpha value is -0.830. The minimum Gasteiger partial charge on any atom is -0.338 e. The van der Waals surface area contributed by atoms with Crippen LogP contribution < -0.4 is 5.32 Å². The van der Waals surface area contributed by atoms with Crippen LogP contribution in [-0.4, -0.2) is 23.1 Å². The molecule has 0 bridgehead atoms. The van der Waals surface area contributed by atoms with Crippen LogP contribution in [0.15, 0.2) is 6.20 Å². The van der Waals surface area contributed by atoms with Gasteiger partial charge in [-0.25, -0.2) is 4.98 Å². The molecule has 1 aromatic heterocycles. The van der Waals surface area contributed by atoms with Gasteiger partial charge in [0.2, 0.25) is 0 Å². The zero-order chi connectivity index (χ0) is 10.7. The summed E-state index contributed by atoms with van der Waals surface area (Å²) in [6.45, 7) is 1.01. The first kappa shape index (κ1) is 10.7. The Morgan fingerprint density at radius 3 is 2.87 bits per heavy atom. The molecular weight excluding hydrogens is 186 g/mol. The zero-order valence-electron chi connectivity index (χ0n) is 9.79. The standard InChI is InChI=1S/C12H21N3/c1-13-8-7-12-14-11(9-15(12)2)10-5-3-4-6-10/h9-10,13H,3-8H2,1-2H3. The first-order valence-electron chi connectivity index (χ1n) is 5.98. The molecule has 1 saturated carbocycles. The highest BCUT2D eigenvalue weighted by atomic mass is 15.1. The molecule has 0 aromatic carbocycles. The Kier molecular flexibility index (Phi) is 3.41. The smallest absolute Gasteiger partial charge is 0.109 e. The van der Waals surface area contributed by atoms with Crippen molar-refractivity contribution in [3.05, 3.63) is 17.7 Å². The third-order valence-electron chi connectivity index (χ3n) is 3.36. The van der Waals surface area contributed by atoms with Crippen LogP contribution in [0.1, 0.15) is 43.1 Å². The molecule has 0 amide bonds. The summed E-state index contributed by atoms with van der Waals surface area (Å²) in [5.74, 6) is 1.95. The predicted octanol–water partition coefficient (Wildman–Crippen LogP) is 1.84. The Bertz CT molecular complexity index is 311. The van der Waals surface area contributed by atoms with Crippen molar-refractivity contribution in [1.29, 1.82) is 0 Å². The highest BCUT2D eigenvalue weighted by molar-refractivity contribution is 5.11. The molecule has 3 heteroatoms. The monoisotopic (exact) mass is 207 g/mol. The van der Waals surface area contributed by atoms with E-state index < -0.39 is 0 Å². The molecule has 0 atom stereocenters. The number of rotatable bonds is 4. The van der Waals surface area contributed by atoms with E-state index in [1.54, 1.807) is 0 Å². The molecule has 1 aliphatic carbocycles. The van der Waals surface area contributed by atoms with Crippen molar-refractivity contribution >= 4 is 0 Å². The molecule has 1 heterocycles. The van der Waals surface area contributed by atoms with Gasteiger partial charge in [0.05, 0.1) is 5.69 Å². The van der Waals surface area contributed by atoms with Gasteiger partial charge in [-0.1, -0.05) is 12.8 Å². The number of imidazole rings is 1. The second kappa shape index (κ2) is 4.79. The first-order valence-corrected chi connectivity index (χ1v) is 5.98. The maximum atomic E-state index is 4.75. The van der Waals surface area contributed by atoms with Crippen LogP contribution >= 0.6 is 0 Å². The summed E-state index contributed by atoms with van der Waals surface area (Å²) in [5, 5.41) is 3.17. The van der Waals surface area contributed by atoms with Gasteiger partial charge in [0.15, 0.2) is 0 Å². The van der Waals surface area contributed by atoms with Crippen LogP contribution in [-0.2, 0) is 13.5 Å². The van der Waals surface area contributed by atoms with Crippen LogP contribution in [0.25, 0.3) is 0 Å². The third-order valence-corrected chi connectivity index (χ3v) is 3.36. The predicted molar refractivity (Wildman–Crippen MR) is 62.0 cm³/mol. The van der Waals surface area contributed by atoms with E-state index in [0.717, 1.165) is 18.9 Å². The van der Waals surface area contributed by atoms with E-state index in [1.807, 2.05) is 7.05 Å². The SMILES string of the molecule is CNCCc1nc(C2CCCC2)cn1C. The van der Waals surface area contributed by atoms with E-state index in [9.17, 15) is 0 Å². The van der Waals surface area contributed by atoms with Crippen molar-refractivity contribution in [2.75, 3.05) is 13.6 Å². The van der Waals surface area contributed by atoms with Gasteiger partial charge < -0.3 is 9.88 Å². The Labute approximate surface area is 91.9 Å². The number of aromatic nitrogens is 2. The summed E-state index contributed by atoms with van der Waals surface area (Å²) >= 11 is 0. The minimum atomic E-state index is 0.736. The van der Waals surface area contributed by atoms with Crippen molar-refractivity contribution in [2.24, 2.45) is 7.05 Å². The van der Waals surface area contributed by atoms with Gasteiger partial charge in [-0.3, -0.25) is 0 Å². The number of hydrogen-bond acceptors (Lipinski definition) is 2. The van der Waals surface area contributed by atoms with Crippen molar-refractivity contribution in [3.63, 3.8) is 0 Å². The fourth-order valence-corrected chi connectivity index (χ4v) is 2.42. The topological polar surface area (TPSA) is 29.9 Å². The summed E-state index contributed by atoms with van der Waals surface area (Å²) in [6.07, 6.45) is 8.69. The largest absolute Gasteiger partial charge is 0.338 e. The summed E-state index contributed by atoms with van der Waals surface area (Å²) < 4.78 is 2.19. The van der Waals surface area contributed by atoms with Crippen LogP contribution in [0.5, 0.6) is 0 Å². The van der Waals surface area contributed by atoms with E-state index in [4.69, 9.17) is 4.98 Å². The van der Waals surface area contributed by atoms with Crippen LogP contribution in [0.3, 0.4) is 0 Å². The molecule has 3 nitrogen and oxygen atoms in total. The second-order valence-corrected chi connectivity index (χ2v) is 4.53. The molecule has 0 saturated heterocycles. The molecule has 0 spiro atoms. The summed E-state index contributed by atoms with van der Waals surface area (Å²) in [7, 11) is 4.09. The molecule has 0 aliphatic heterocycles. The second-order valence-electron chi connectivity index (χ2n) is 4.53. The van der Waals surface area contributed by atoms with Crippen LogP contribution in [0.4, 0.5) is 0 Å². The quantitative estimate of drug-likeness (QED) is 0.816. The lowest BCUT2D eigenvalue weighted by molar-refractivity contribution is 0.693. The van der Waals surface area contributed by atoms with Crippen LogP contribution in [0.2, 0.25) is 0 Å². The van der Waals surface area contributed by atoms with Gasteiger partial charge >= 0.3 is 0 Å². The number of aryl methyl sites for hydroxylation is 1. The van der Waals surface area contributed by atoms with Gasteiger partial charge in [0.25, 0.3) is 0 Å². The molecule has 0 unspecified atom stereocenters. The fraction of sp³-hybridized carbons (Fsp3) is 0.750. The van der Waals surface area contributed by atoms with Crippen molar-refractivity contribution in [1.82, 2.24) is 14.9 Å². The van der Waals surface area contributed by atoms with Crippen molar-refractivity contribution in [3.8, 4) is 0 Å². The molecule has 1 aromatic rings. The minimum absolute atomic E-state index is 0.736. The Balaban J connectivity index is 2.06. The normalized spacial score (nSPS) is 17.5. The highest BCUT2D eigenvalue weighted by Gasteiger charge is 2.20. The lowest BCUT2D eigenvalue weighted by Gasteiger charge is -2.02. The summed E-state index contributed by atoms with van der Waals surface area (Å²) in [4.78, 5) is 4.75. The zero-order valence-corrected chi connectivity index (χ0v) is 9.79. The Morgan fingerprint density at radius 1 is 1.47 bits per heavy atom. The Morgan fingerprint density at radius 2 is 2.20 bits per heavy atom. The average molecular weight is 207 g/mol. The summed E-state index contributed by atoms with van der Waals surface area (Å²) in [6, 6.07) is 0. The van der Waals surface area contributed by atoms with Gasteiger partial charge in [0, 0.05) is 32.1 Å². The fourth-order valence-electron chi connectivity index (χ4n) is 2.42. The van der Waals surface area contributed by atoms with Gasteiger partial charge in [-0.2, -0.15) is 0 Å². The van der Waals surface area contributed by atoms with Gasteiger partial charge in [-0.15, -0.1) is 0 Å². The number of nitrogens with zero attached hydrogens (tertiary/aromatic N) is 2. The molecule has 15 heavy (non-hydrogen) atoms. The number of hydrogen-bond donors (Lipinski definition) is 1. The van der Waals surface area contributed by atoms with Crippen molar-refractivity contribution in [2.45, 2.75) is 38.0 Å². The molecule has 2 rings (SSSR count). The highest BCUT2D eigenvalue weighted by Crippen LogP contribution is 2.33. The lowest BCUT2D eigenvalue weighted by atomic mass is 10.1. The van der Waals surface area contributed by atoms with E-state index in [-0.39, 0.29) is 0 Å². The average Bonchev–Trinajstić information content (AvgIpc) is 2.83. The maximum absolute atomic E-state index is 4.75. The lowest BCUT2D eigenvalue weighted by Crippen LogP contribution is -2.12. The van der Waals surface area contributed by atoms with Crippen LogP contribution in [0, 0.1) is 0 Å². The molecular formula is C12H21N3. The molecule has 1 N–H and O–H groups in total. The number of likely N-dealkylation sites (N-methyl/N-ethyl adjacent to an activating group) is 1. The van der Waals surface area contributed by atoms with E-state index in [0.29, 0.717) is 0 Å². The van der Waals surface area contributed by atoms with E-state index in [1.165, 1.54) is 37.2 Å². The molecule has 1 fully saturated rings. The molecule has 0 radical (unpaired) electrons. The van der Waals surface area contributed by atoms with Gasteiger partial charge in [-0.05, 0) is 19.9 Å². The first-order chi connectivity index (χ1) is 7.31. The summed E-state index contributed by atoms with van der Waals surface area (Å²) in [5.41, 5.74) is 1.32. The third kappa shape index (κ3) is 2.40. The van der Waals surface area contributed by atoms with E-state index >= 15 is 0 Å². The molecule has 1 aliphatic rings. The maximum Gasteiger partial charge on any atom is 0.109 e.